The minimum Gasteiger partial charge on any atom is -0.376 e. The Kier molecular flexibility index (Phi) is 4.74. The lowest BCUT2D eigenvalue weighted by molar-refractivity contribution is -0.137. The number of benzene rings is 1. The van der Waals surface area contributed by atoms with Crippen LogP contribution in [-0.2, 0) is 6.18 Å². The van der Waals surface area contributed by atoms with Crippen LogP contribution in [0.4, 0.5) is 24.7 Å². The maximum atomic E-state index is 13.1. The van der Waals surface area contributed by atoms with Crippen molar-refractivity contribution in [1.29, 1.82) is 0 Å². The zero-order valence-corrected chi connectivity index (χ0v) is 13.3. The Morgan fingerprint density at radius 3 is 2.48 bits per heavy atom. The Hall–Kier alpha value is -2.35. The molecule has 23 heavy (non-hydrogen) atoms. The Bertz CT molecular complexity index is 729. The topological polar surface area (TPSA) is 54.2 Å². The van der Waals surface area contributed by atoms with Crippen LogP contribution in [0.5, 0.6) is 0 Å². The number of hydrogen-bond acceptors (Lipinski definition) is 3. The van der Waals surface area contributed by atoms with Gasteiger partial charge >= 0.3 is 6.18 Å². The van der Waals surface area contributed by atoms with Gasteiger partial charge in [0.2, 0.25) is 0 Å². The van der Waals surface area contributed by atoms with Crippen molar-refractivity contribution in [3.63, 3.8) is 0 Å². The monoisotopic (exact) mass is 340 g/mol. The zero-order valence-electron chi connectivity index (χ0n) is 12.5. The number of nitrogens with one attached hydrogen (secondary N) is 1. The molecule has 8 heteroatoms. The molecule has 0 unspecified atom stereocenters. The fraction of sp³-hybridized carbons (Fsp3) is 0.200. The van der Waals surface area contributed by atoms with Gasteiger partial charge in [-0.2, -0.15) is 13.2 Å². The molecule has 0 fully saturated rings. The second kappa shape index (κ2) is 6.41. The fourth-order valence-electron chi connectivity index (χ4n) is 1.96. The lowest BCUT2D eigenvalue weighted by Gasteiger charge is -2.16. The van der Waals surface area contributed by atoms with E-state index in [9.17, 15) is 13.2 Å². The first kappa shape index (κ1) is 17.0. The molecule has 0 bridgehead atoms. The number of alkyl halides is 3. The number of anilines is 2. The predicted molar refractivity (Wildman–Crippen MR) is 89.4 cm³/mol. The van der Waals surface area contributed by atoms with Crippen molar-refractivity contribution in [2.45, 2.75) is 6.18 Å². The van der Waals surface area contributed by atoms with E-state index in [0.717, 1.165) is 12.1 Å². The molecule has 1 heterocycles. The smallest absolute Gasteiger partial charge is 0.376 e. The lowest BCUT2D eigenvalue weighted by atomic mass is 10.1. The number of nitrogens with zero attached hydrogens (tertiary/aromatic N) is 2. The first-order chi connectivity index (χ1) is 10.7. The van der Waals surface area contributed by atoms with Crippen LogP contribution in [-0.4, -0.2) is 24.2 Å². The molecule has 1 aromatic carbocycles. The van der Waals surface area contributed by atoms with Crippen LogP contribution in [0.3, 0.4) is 0 Å². The number of nitrogens with two attached hydrogens (primary N) is 1. The molecule has 0 atom stereocenters. The first-order valence-electron chi connectivity index (χ1n) is 6.60. The molecule has 2 rings (SSSR count). The van der Waals surface area contributed by atoms with Crippen molar-refractivity contribution < 1.29 is 13.2 Å². The van der Waals surface area contributed by atoms with Gasteiger partial charge in [-0.1, -0.05) is 12.1 Å². The molecule has 2 aromatic rings. The van der Waals surface area contributed by atoms with E-state index in [4.69, 9.17) is 18.0 Å². The molecule has 0 saturated carbocycles. The third-order valence-electron chi connectivity index (χ3n) is 3.02. The van der Waals surface area contributed by atoms with E-state index < -0.39 is 11.7 Å². The highest BCUT2D eigenvalue weighted by Crippen LogP contribution is 2.34. The summed E-state index contributed by atoms with van der Waals surface area (Å²) in [5.41, 5.74) is 5.99. The van der Waals surface area contributed by atoms with Gasteiger partial charge in [0, 0.05) is 25.3 Å². The molecule has 3 N–H and O–H groups in total. The summed E-state index contributed by atoms with van der Waals surface area (Å²) < 4.78 is 39.3. The van der Waals surface area contributed by atoms with Crippen LogP contribution in [0.25, 0.3) is 11.3 Å². The third kappa shape index (κ3) is 4.32. The van der Waals surface area contributed by atoms with Gasteiger partial charge in [-0.15, -0.1) is 0 Å². The van der Waals surface area contributed by atoms with Crippen molar-refractivity contribution in [1.82, 2.24) is 4.98 Å². The summed E-state index contributed by atoms with van der Waals surface area (Å²) in [6, 6.07) is 8.75. The number of pyridine rings is 1. The van der Waals surface area contributed by atoms with E-state index in [1.54, 1.807) is 38.4 Å². The maximum Gasteiger partial charge on any atom is 0.416 e. The summed E-state index contributed by atoms with van der Waals surface area (Å²) in [5, 5.41) is 2.82. The quantitative estimate of drug-likeness (QED) is 0.838. The van der Waals surface area contributed by atoms with Gasteiger partial charge in [0.1, 0.15) is 5.82 Å². The molecule has 4 nitrogen and oxygen atoms in total. The average Bonchev–Trinajstić information content (AvgIpc) is 2.45. The molecular weight excluding hydrogens is 325 g/mol. The SMILES string of the molecule is CN(C)c1cc(C(F)(F)F)cc(-c2cccc(NC(N)=S)c2)n1. The molecule has 0 amide bonds. The highest BCUT2D eigenvalue weighted by Gasteiger charge is 2.32. The lowest BCUT2D eigenvalue weighted by Crippen LogP contribution is -2.18. The highest BCUT2D eigenvalue weighted by atomic mass is 32.1. The van der Waals surface area contributed by atoms with Gasteiger partial charge in [0.05, 0.1) is 11.3 Å². The van der Waals surface area contributed by atoms with Crippen molar-refractivity contribution in [2.75, 3.05) is 24.3 Å². The van der Waals surface area contributed by atoms with Crippen LogP contribution in [0.2, 0.25) is 0 Å². The van der Waals surface area contributed by atoms with Gasteiger partial charge in [-0.25, -0.2) is 4.98 Å². The van der Waals surface area contributed by atoms with Crippen molar-refractivity contribution in [3.8, 4) is 11.3 Å². The number of hydrogen-bond donors (Lipinski definition) is 2. The normalized spacial score (nSPS) is 11.2. The highest BCUT2D eigenvalue weighted by molar-refractivity contribution is 7.80. The summed E-state index contributed by atoms with van der Waals surface area (Å²) in [5.74, 6) is 0.225. The van der Waals surface area contributed by atoms with Crippen molar-refractivity contribution in [3.05, 3.63) is 42.0 Å². The molecule has 0 radical (unpaired) electrons. The van der Waals surface area contributed by atoms with Crippen LogP contribution < -0.4 is 16.0 Å². The largest absolute Gasteiger partial charge is 0.416 e. The van der Waals surface area contributed by atoms with Crippen molar-refractivity contribution in [2.24, 2.45) is 5.73 Å². The Morgan fingerprint density at radius 2 is 1.91 bits per heavy atom. The van der Waals surface area contributed by atoms with E-state index in [2.05, 4.69) is 10.3 Å². The number of halogens is 3. The van der Waals surface area contributed by atoms with Gasteiger partial charge in [0.25, 0.3) is 0 Å². The molecule has 122 valence electrons. The number of thiocarbonyl (C=S) groups is 1. The third-order valence-corrected chi connectivity index (χ3v) is 3.13. The van der Waals surface area contributed by atoms with E-state index in [1.807, 2.05) is 0 Å². The second-order valence-corrected chi connectivity index (χ2v) is 5.50. The molecule has 0 aliphatic heterocycles. The minimum atomic E-state index is -4.45. The summed E-state index contributed by atoms with van der Waals surface area (Å²) in [7, 11) is 3.27. The Morgan fingerprint density at radius 1 is 1.22 bits per heavy atom. The standard InChI is InChI=1S/C15H15F3N4S/c1-22(2)13-8-10(15(16,17)18)7-12(21-13)9-4-3-5-11(6-9)20-14(19)23/h3-8H,1-2H3,(H3,19,20,23). The summed E-state index contributed by atoms with van der Waals surface area (Å²) in [6.07, 6.45) is -4.45. The molecule has 0 spiro atoms. The molecular formula is C15H15F3N4S. The Labute approximate surface area is 137 Å². The fourth-order valence-corrected chi connectivity index (χ4v) is 2.07. The molecule has 1 aromatic heterocycles. The average molecular weight is 340 g/mol. The van der Waals surface area contributed by atoms with E-state index in [0.29, 0.717) is 11.3 Å². The summed E-state index contributed by atoms with van der Waals surface area (Å²) >= 11 is 4.76. The first-order valence-corrected chi connectivity index (χ1v) is 7.01. The van der Waals surface area contributed by atoms with E-state index in [-0.39, 0.29) is 16.6 Å². The van der Waals surface area contributed by atoms with Crippen molar-refractivity contribution >= 4 is 28.8 Å². The Balaban J connectivity index is 2.54. The predicted octanol–water partition coefficient (Wildman–Crippen LogP) is 3.49. The van der Waals surface area contributed by atoms with Gasteiger partial charge in [0.15, 0.2) is 5.11 Å². The zero-order chi connectivity index (χ0) is 17.2. The molecule has 0 saturated heterocycles. The summed E-state index contributed by atoms with van der Waals surface area (Å²) in [4.78, 5) is 5.79. The number of rotatable bonds is 3. The summed E-state index contributed by atoms with van der Waals surface area (Å²) in [6.45, 7) is 0. The van der Waals surface area contributed by atoms with E-state index >= 15 is 0 Å². The van der Waals surface area contributed by atoms with Crippen LogP contribution >= 0.6 is 12.2 Å². The van der Waals surface area contributed by atoms with Crippen LogP contribution in [0, 0.1) is 0 Å². The molecule has 0 aliphatic carbocycles. The van der Waals surface area contributed by atoms with Gasteiger partial charge in [-0.05, 0) is 36.5 Å². The maximum absolute atomic E-state index is 13.1. The van der Waals surface area contributed by atoms with Crippen LogP contribution in [0.15, 0.2) is 36.4 Å². The molecule has 0 aliphatic rings. The van der Waals surface area contributed by atoms with Gasteiger partial charge in [-0.3, -0.25) is 0 Å². The van der Waals surface area contributed by atoms with Crippen LogP contribution in [0.1, 0.15) is 5.56 Å². The van der Waals surface area contributed by atoms with E-state index in [1.165, 1.54) is 4.90 Å². The second-order valence-electron chi connectivity index (χ2n) is 5.06. The van der Waals surface area contributed by atoms with Gasteiger partial charge < -0.3 is 16.0 Å². The number of aromatic nitrogens is 1. The minimum absolute atomic E-state index is 0.0770.